The Morgan fingerprint density at radius 3 is 2.72 bits per heavy atom. The maximum atomic E-state index is 11.3. The van der Waals surface area contributed by atoms with Gasteiger partial charge in [0, 0.05) is 17.9 Å². The fourth-order valence-electron chi connectivity index (χ4n) is 7.30. The Balaban J connectivity index is 1.54. The molecule has 0 aromatic heterocycles. The van der Waals surface area contributed by atoms with E-state index in [1.165, 1.54) is 39.0 Å². The van der Waals surface area contributed by atoms with Crippen molar-refractivity contribution in [3.63, 3.8) is 0 Å². The molecule has 3 fully saturated rings. The molecule has 0 aliphatic heterocycles. The molecule has 4 rings (SSSR count). The van der Waals surface area contributed by atoms with Gasteiger partial charge in [-0.2, -0.15) is 5.26 Å². The van der Waals surface area contributed by atoms with E-state index in [0.29, 0.717) is 17.3 Å². The summed E-state index contributed by atoms with van der Waals surface area (Å²) in [5, 5.41) is 9.55. The van der Waals surface area contributed by atoms with Gasteiger partial charge in [-0.15, -0.1) is 0 Å². The number of fused-ring (bicyclic) bond motifs is 5. The van der Waals surface area contributed by atoms with E-state index in [1.54, 1.807) is 0 Å². The molecule has 0 spiro atoms. The lowest BCUT2D eigenvalue weighted by molar-refractivity contribution is -0.158. The van der Waals surface area contributed by atoms with Crippen LogP contribution in [0.1, 0.15) is 72.1 Å². The second-order valence-electron chi connectivity index (χ2n) is 9.58. The number of hydrogen-bond acceptors (Lipinski definition) is 3. The highest BCUT2D eigenvalue weighted by Gasteiger charge is 2.58. The van der Waals surface area contributed by atoms with Crippen LogP contribution in [0.3, 0.4) is 0 Å². The smallest absolute Gasteiger partial charge is 0.302 e. The van der Waals surface area contributed by atoms with E-state index in [1.807, 2.05) is 0 Å². The van der Waals surface area contributed by atoms with Crippen molar-refractivity contribution in [3.05, 3.63) is 11.6 Å². The lowest BCUT2D eigenvalue weighted by Gasteiger charge is -2.60. The second kappa shape index (κ2) is 5.86. The lowest BCUT2D eigenvalue weighted by atomic mass is 9.44. The minimum absolute atomic E-state index is 0.128. The van der Waals surface area contributed by atoms with Crippen molar-refractivity contribution < 1.29 is 9.53 Å². The molecule has 25 heavy (non-hydrogen) atoms. The number of carbonyl (C=O) groups excluding carboxylic acids is 1. The summed E-state index contributed by atoms with van der Waals surface area (Å²) in [5.41, 5.74) is 1.59. The summed E-state index contributed by atoms with van der Waals surface area (Å²) in [7, 11) is 0. The molecule has 0 bridgehead atoms. The van der Waals surface area contributed by atoms with Gasteiger partial charge in [0.15, 0.2) is 0 Å². The van der Waals surface area contributed by atoms with Crippen molar-refractivity contribution in [1.82, 2.24) is 0 Å². The Hall–Kier alpha value is -1.30. The molecule has 4 aliphatic rings. The van der Waals surface area contributed by atoms with E-state index in [4.69, 9.17) is 4.74 Å². The van der Waals surface area contributed by atoms with Crippen LogP contribution in [0.5, 0.6) is 0 Å². The van der Waals surface area contributed by atoms with Gasteiger partial charge in [0.05, 0.1) is 6.07 Å². The van der Waals surface area contributed by atoms with Gasteiger partial charge in [0.1, 0.15) is 6.10 Å². The standard InChI is InChI=1S/C22H31NO2/c1-14(24)25-17-8-10-21(2)15(12-17)4-6-18-19-7-5-16(13-23)22(19,3)11-9-20(18)21/h5,15,17-20H,4,6-12H2,1-3H3/t15-,17-,18?,19?,20?,21?,22?/m0/s1. The molecule has 0 amide bonds. The third-order valence-electron chi connectivity index (χ3n) is 8.65. The Morgan fingerprint density at radius 2 is 2.00 bits per heavy atom. The van der Waals surface area contributed by atoms with Crippen LogP contribution in [0.25, 0.3) is 0 Å². The van der Waals surface area contributed by atoms with E-state index < -0.39 is 0 Å². The molecule has 0 heterocycles. The Bertz CT molecular complexity index is 647. The SMILES string of the molecule is CC(=O)O[C@H]1CCC2(C)C3CCC4(C)C(C#N)=CCC4C3CC[C@H]2C1. The molecule has 7 atom stereocenters. The van der Waals surface area contributed by atoms with E-state index in [-0.39, 0.29) is 17.5 Å². The molecule has 3 nitrogen and oxygen atoms in total. The largest absolute Gasteiger partial charge is 0.463 e. The van der Waals surface area contributed by atoms with Crippen molar-refractivity contribution in [3.8, 4) is 6.07 Å². The van der Waals surface area contributed by atoms with Crippen LogP contribution in [0.15, 0.2) is 11.6 Å². The van der Waals surface area contributed by atoms with Crippen LogP contribution in [0, 0.1) is 45.8 Å². The van der Waals surface area contributed by atoms with Gasteiger partial charge in [0.25, 0.3) is 0 Å². The second-order valence-corrected chi connectivity index (χ2v) is 9.58. The van der Waals surface area contributed by atoms with Crippen LogP contribution in [-0.2, 0) is 9.53 Å². The number of rotatable bonds is 1. The minimum atomic E-state index is -0.128. The van der Waals surface area contributed by atoms with Crippen molar-refractivity contribution in [2.45, 2.75) is 78.2 Å². The Morgan fingerprint density at radius 1 is 1.20 bits per heavy atom. The molecular weight excluding hydrogens is 310 g/mol. The number of allylic oxidation sites excluding steroid dienone is 2. The third kappa shape index (κ3) is 2.47. The quantitative estimate of drug-likeness (QED) is 0.629. The molecule has 0 aromatic carbocycles. The zero-order valence-electron chi connectivity index (χ0n) is 15.9. The normalized spacial score (nSPS) is 48.4. The lowest BCUT2D eigenvalue weighted by Crippen LogP contribution is -2.53. The van der Waals surface area contributed by atoms with Gasteiger partial charge in [-0.1, -0.05) is 19.9 Å². The van der Waals surface area contributed by atoms with Gasteiger partial charge in [-0.05, 0) is 80.5 Å². The highest BCUT2D eigenvalue weighted by molar-refractivity contribution is 5.66. The minimum Gasteiger partial charge on any atom is -0.463 e. The average Bonchev–Trinajstić information content (AvgIpc) is 2.91. The molecule has 0 aromatic rings. The van der Waals surface area contributed by atoms with E-state index >= 15 is 0 Å². The van der Waals surface area contributed by atoms with Crippen LogP contribution < -0.4 is 0 Å². The predicted molar refractivity (Wildman–Crippen MR) is 96.4 cm³/mol. The summed E-state index contributed by atoms with van der Waals surface area (Å²) in [4.78, 5) is 11.3. The first-order chi connectivity index (χ1) is 11.9. The summed E-state index contributed by atoms with van der Waals surface area (Å²) in [6.45, 7) is 6.41. The molecule has 0 radical (unpaired) electrons. The number of ether oxygens (including phenoxy) is 1. The maximum Gasteiger partial charge on any atom is 0.302 e. The Labute approximate surface area is 151 Å². The third-order valence-corrected chi connectivity index (χ3v) is 8.65. The van der Waals surface area contributed by atoms with Crippen LogP contribution in [-0.4, -0.2) is 12.1 Å². The predicted octanol–water partition coefficient (Wildman–Crippen LogP) is 5.02. The zero-order valence-corrected chi connectivity index (χ0v) is 15.9. The van der Waals surface area contributed by atoms with Crippen LogP contribution in [0.2, 0.25) is 0 Å². The van der Waals surface area contributed by atoms with E-state index in [2.05, 4.69) is 26.0 Å². The van der Waals surface area contributed by atoms with E-state index in [0.717, 1.165) is 36.7 Å². The fourth-order valence-corrected chi connectivity index (χ4v) is 7.30. The molecule has 3 heteroatoms. The zero-order chi connectivity index (χ0) is 17.8. The molecule has 0 saturated heterocycles. The summed E-state index contributed by atoms with van der Waals surface area (Å²) < 4.78 is 5.55. The number of esters is 1. The van der Waals surface area contributed by atoms with Crippen molar-refractivity contribution >= 4 is 5.97 Å². The summed E-state index contributed by atoms with van der Waals surface area (Å²) >= 11 is 0. The molecule has 136 valence electrons. The first-order valence-corrected chi connectivity index (χ1v) is 10.2. The number of hydrogen-bond donors (Lipinski definition) is 0. The van der Waals surface area contributed by atoms with Crippen LogP contribution in [0.4, 0.5) is 0 Å². The summed E-state index contributed by atoms with van der Waals surface area (Å²) in [5.74, 6) is 2.80. The topological polar surface area (TPSA) is 50.1 Å². The molecular formula is C22H31NO2. The van der Waals surface area contributed by atoms with Crippen LogP contribution >= 0.6 is 0 Å². The Kier molecular flexibility index (Phi) is 4.02. The van der Waals surface area contributed by atoms with Gasteiger partial charge in [0.2, 0.25) is 0 Å². The number of nitrogens with zero attached hydrogens (tertiary/aromatic N) is 1. The average molecular weight is 341 g/mol. The van der Waals surface area contributed by atoms with Gasteiger partial charge in [-0.3, -0.25) is 4.79 Å². The monoisotopic (exact) mass is 341 g/mol. The van der Waals surface area contributed by atoms with E-state index in [9.17, 15) is 10.1 Å². The highest BCUT2D eigenvalue weighted by Crippen LogP contribution is 2.66. The van der Waals surface area contributed by atoms with Crippen molar-refractivity contribution in [1.29, 1.82) is 5.26 Å². The number of carbonyl (C=O) groups is 1. The van der Waals surface area contributed by atoms with Gasteiger partial charge < -0.3 is 4.74 Å². The molecule has 4 aliphatic carbocycles. The first kappa shape index (κ1) is 17.1. The summed E-state index contributed by atoms with van der Waals surface area (Å²) in [6, 6.07) is 2.50. The summed E-state index contributed by atoms with van der Waals surface area (Å²) in [6.07, 6.45) is 11.8. The van der Waals surface area contributed by atoms with Gasteiger partial charge >= 0.3 is 5.97 Å². The van der Waals surface area contributed by atoms with Crippen molar-refractivity contribution in [2.75, 3.05) is 0 Å². The molecule has 5 unspecified atom stereocenters. The number of nitriles is 1. The molecule has 3 saturated carbocycles. The maximum absolute atomic E-state index is 11.3. The van der Waals surface area contributed by atoms with Crippen molar-refractivity contribution in [2.24, 2.45) is 34.5 Å². The van der Waals surface area contributed by atoms with Gasteiger partial charge in [-0.25, -0.2) is 0 Å². The highest BCUT2D eigenvalue weighted by atomic mass is 16.5. The fraction of sp³-hybridized carbons (Fsp3) is 0.818. The first-order valence-electron chi connectivity index (χ1n) is 10.2. The molecule has 0 N–H and O–H groups in total.